The Morgan fingerprint density at radius 1 is 1.33 bits per heavy atom. The summed E-state index contributed by atoms with van der Waals surface area (Å²) in [5.74, 6) is -0.0781. The van der Waals surface area contributed by atoms with Crippen molar-refractivity contribution in [2.45, 2.75) is 37.6 Å². The molecule has 0 atom stereocenters. The molecule has 2 rings (SSSR count). The van der Waals surface area contributed by atoms with Gasteiger partial charge >= 0.3 is 0 Å². The van der Waals surface area contributed by atoms with Crippen LogP contribution in [0.15, 0.2) is 23.1 Å². The Labute approximate surface area is 125 Å². The van der Waals surface area contributed by atoms with E-state index < -0.39 is 10.0 Å². The number of aryl methyl sites for hydroxylation is 1. The largest absolute Gasteiger partial charge is 0.399 e. The summed E-state index contributed by atoms with van der Waals surface area (Å²) in [5, 5.41) is 2.84. The molecule has 1 aliphatic rings. The number of nitrogens with two attached hydrogens (primary N) is 1. The molecule has 116 valence electrons. The number of nitrogens with one attached hydrogen (secondary N) is 1. The van der Waals surface area contributed by atoms with Crippen molar-refractivity contribution in [2.24, 2.45) is 0 Å². The lowest BCUT2D eigenvalue weighted by Crippen LogP contribution is -2.46. The lowest BCUT2D eigenvalue weighted by Gasteiger charge is -2.31. The van der Waals surface area contributed by atoms with Crippen molar-refractivity contribution in [3.8, 4) is 0 Å². The van der Waals surface area contributed by atoms with Gasteiger partial charge in [0.1, 0.15) is 0 Å². The Hall–Kier alpha value is -1.60. The number of rotatable bonds is 3. The van der Waals surface area contributed by atoms with Gasteiger partial charge in [0.25, 0.3) is 0 Å². The number of hydrogen-bond acceptors (Lipinski definition) is 4. The van der Waals surface area contributed by atoms with E-state index in [0.717, 1.165) is 0 Å². The zero-order chi connectivity index (χ0) is 15.6. The Morgan fingerprint density at radius 2 is 1.95 bits per heavy atom. The number of piperidine rings is 1. The van der Waals surface area contributed by atoms with E-state index in [1.165, 1.54) is 11.2 Å². The van der Waals surface area contributed by atoms with E-state index in [1.54, 1.807) is 25.1 Å². The Balaban J connectivity index is 2.13. The molecular weight excluding hydrogens is 290 g/mol. The smallest absolute Gasteiger partial charge is 0.243 e. The van der Waals surface area contributed by atoms with Crippen molar-refractivity contribution >= 4 is 21.6 Å². The van der Waals surface area contributed by atoms with Crippen LogP contribution >= 0.6 is 0 Å². The minimum absolute atomic E-state index is 0.0569. The van der Waals surface area contributed by atoms with Crippen LogP contribution in [-0.4, -0.2) is 37.8 Å². The molecule has 6 nitrogen and oxygen atoms in total. The summed E-state index contributed by atoms with van der Waals surface area (Å²) in [6.07, 6.45) is 1.26. The highest BCUT2D eigenvalue weighted by molar-refractivity contribution is 7.89. The summed E-state index contributed by atoms with van der Waals surface area (Å²) in [6, 6.07) is 4.88. The maximum atomic E-state index is 12.6. The molecule has 1 aliphatic heterocycles. The fourth-order valence-corrected chi connectivity index (χ4v) is 4.30. The molecule has 0 aliphatic carbocycles. The summed E-state index contributed by atoms with van der Waals surface area (Å²) in [5.41, 5.74) is 6.87. The molecule has 0 aromatic heterocycles. The van der Waals surface area contributed by atoms with E-state index >= 15 is 0 Å². The summed E-state index contributed by atoms with van der Waals surface area (Å²) in [4.78, 5) is 11.3. The van der Waals surface area contributed by atoms with E-state index in [1.807, 2.05) is 0 Å². The molecule has 7 heteroatoms. The third-order valence-electron chi connectivity index (χ3n) is 3.68. The predicted molar refractivity (Wildman–Crippen MR) is 81.2 cm³/mol. The molecular formula is C14H21N3O3S. The third kappa shape index (κ3) is 3.54. The maximum Gasteiger partial charge on any atom is 0.243 e. The van der Waals surface area contributed by atoms with Gasteiger partial charge in [-0.15, -0.1) is 0 Å². The maximum absolute atomic E-state index is 12.6. The van der Waals surface area contributed by atoms with Gasteiger partial charge in [-0.3, -0.25) is 4.79 Å². The molecule has 0 bridgehead atoms. The second kappa shape index (κ2) is 6.03. The van der Waals surface area contributed by atoms with E-state index in [4.69, 9.17) is 5.73 Å². The summed E-state index contributed by atoms with van der Waals surface area (Å²) >= 11 is 0. The molecule has 1 fully saturated rings. The van der Waals surface area contributed by atoms with E-state index in [9.17, 15) is 13.2 Å². The molecule has 1 aromatic carbocycles. The minimum Gasteiger partial charge on any atom is -0.399 e. The van der Waals surface area contributed by atoms with Crippen LogP contribution in [0.25, 0.3) is 0 Å². The van der Waals surface area contributed by atoms with Gasteiger partial charge in [-0.2, -0.15) is 4.31 Å². The molecule has 1 heterocycles. The summed E-state index contributed by atoms with van der Waals surface area (Å²) < 4.78 is 26.8. The van der Waals surface area contributed by atoms with E-state index in [2.05, 4.69) is 5.32 Å². The number of hydrogen-bond donors (Lipinski definition) is 2. The lowest BCUT2D eigenvalue weighted by molar-refractivity contribution is -0.119. The first-order valence-corrected chi connectivity index (χ1v) is 8.38. The first-order valence-electron chi connectivity index (χ1n) is 6.94. The van der Waals surface area contributed by atoms with Crippen molar-refractivity contribution < 1.29 is 13.2 Å². The number of carbonyl (C=O) groups excluding carboxylic acids is 1. The number of nitrogen functional groups attached to an aromatic ring is 1. The van der Waals surface area contributed by atoms with Crippen molar-refractivity contribution in [2.75, 3.05) is 18.8 Å². The van der Waals surface area contributed by atoms with E-state index in [0.29, 0.717) is 42.1 Å². The lowest BCUT2D eigenvalue weighted by atomic mass is 10.1. The van der Waals surface area contributed by atoms with Gasteiger partial charge in [-0.25, -0.2) is 8.42 Å². The standard InChI is InChI=1S/C14H21N3O3S/c1-10-9-12(15)3-4-14(10)21(19,20)17-7-5-13(6-8-17)16-11(2)18/h3-4,9,13H,5-8,15H2,1-2H3,(H,16,18). The van der Waals surface area contributed by atoms with Crippen LogP contribution in [0.4, 0.5) is 5.69 Å². The second-order valence-electron chi connectivity index (χ2n) is 5.40. The van der Waals surface area contributed by atoms with Crippen molar-refractivity contribution in [3.63, 3.8) is 0 Å². The highest BCUT2D eigenvalue weighted by atomic mass is 32.2. The SMILES string of the molecule is CC(=O)NC1CCN(S(=O)(=O)c2ccc(N)cc2C)CC1. The van der Waals surface area contributed by atoms with Gasteiger partial charge < -0.3 is 11.1 Å². The zero-order valence-corrected chi connectivity index (χ0v) is 13.1. The van der Waals surface area contributed by atoms with Crippen molar-refractivity contribution in [1.82, 2.24) is 9.62 Å². The third-order valence-corrected chi connectivity index (χ3v) is 5.74. The van der Waals surface area contributed by atoms with Gasteiger partial charge in [0.2, 0.25) is 15.9 Å². The zero-order valence-electron chi connectivity index (χ0n) is 12.3. The van der Waals surface area contributed by atoms with Gasteiger partial charge in [-0.05, 0) is 43.5 Å². The molecule has 21 heavy (non-hydrogen) atoms. The fourth-order valence-electron chi connectivity index (χ4n) is 2.63. The van der Waals surface area contributed by atoms with Crippen LogP contribution < -0.4 is 11.1 Å². The van der Waals surface area contributed by atoms with Gasteiger partial charge in [0.05, 0.1) is 4.90 Å². The normalized spacial score (nSPS) is 17.6. The number of amides is 1. The fraction of sp³-hybridized carbons (Fsp3) is 0.500. The Morgan fingerprint density at radius 3 is 2.48 bits per heavy atom. The highest BCUT2D eigenvalue weighted by Gasteiger charge is 2.30. The molecule has 0 saturated carbocycles. The van der Waals surface area contributed by atoms with Crippen LogP contribution in [0.5, 0.6) is 0 Å². The molecule has 1 saturated heterocycles. The first kappa shape index (κ1) is 15.8. The van der Waals surface area contributed by atoms with Crippen molar-refractivity contribution in [1.29, 1.82) is 0 Å². The van der Waals surface area contributed by atoms with Crippen LogP contribution in [0, 0.1) is 6.92 Å². The number of carbonyl (C=O) groups is 1. The number of anilines is 1. The van der Waals surface area contributed by atoms with Gasteiger partial charge in [-0.1, -0.05) is 0 Å². The molecule has 0 radical (unpaired) electrons. The van der Waals surface area contributed by atoms with Crippen molar-refractivity contribution in [3.05, 3.63) is 23.8 Å². The van der Waals surface area contributed by atoms with E-state index in [-0.39, 0.29) is 11.9 Å². The minimum atomic E-state index is -3.50. The molecule has 1 amide bonds. The highest BCUT2D eigenvalue weighted by Crippen LogP contribution is 2.24. The Kier molecular flexibility index (Phi) is 4.53. The first-order chi connectivity index (χ1) is 9.80. The van der Waals surface area contributed by atoms with Crippen LogP contribution in [0.1, 0.15) is 25.3 Å². The van der Waals surface area contributed by atoms with Gasteiger partial charge in [0.15, 0.2) is 0 Å². The predicted octanol–water partition coefficient (Wildman–Crippen LogP) is 0.866. The molecule has 0 unspecified atom stereocenters. The van der Waals surface area contributed by atoms with Gasteiger partial charge in [0, 0.05) is 31.7 Å². The molecule has 3 N–H and O–H groups in total. The van der Waals surface area contributed by atoms with Crippen LogP contribution in [0.3, 0.4) is 0 Å². The summed E-state index contributed by atoms with van der Waals surface area (Å²) in [7, 11) is -3.50. The van der Waals surface area contributed by atoms with Crippen LogP contribution in [-0.2, 0) is 14.8 Å². The second-order valence-corrected chi connectivity index (χ2v) is 7.31. The monoisotopic (exact) mass is 311 g/mol. The summed E-state index contributed by atoms with van der Waals surface area (Å²) in [6.45, 7) is 4.04. The average Bonchev–Trinajstić information content (AvgIpc) is 2.38. The Bertz CT molecular complexity index is 635. The van der Waals surface area contributed by atoms with Crippen LogP contribution in [0.2, 0.25) is 0 Å². The quantitative estimate of drug-likeness (QED) is 0.810. The number of nitrogens with zero attached hydrogens (tertiary/aromatic N) is 1. The topological polar surface area (TPSA) is 92.5 Å². The number of benzene rings is 1. The average molecular weight is 311 g/mol. The molecule has 1 aromatic rings. The molecule has 0 spiro atoms. The number of sulfonamides is 1.